The lowest BCUT2D eigenvalue weighted by atomic mass is 9.66. The van der Waals surface area contributed by atoms with Gasteiger partial charge in [0.2, 0.25) is 0 Å². The van der Waals surface area contributed by atoms with Crippen molar-refractivity contribution in [3.8, 4) is 0 Å². The van der Waals surface area contributed by atoms with Crippen molar-refractivity contribution in [2.24, 2.45) is 11.3 Å². The lowest BCUT2D eigenvalue weighted by Gasteiger charge is -2.38. The highest BCUT2D eigenvalue weighted by Gasteiger charge is 2.37. The molecule has 0 unspecified atom stereocenters. The van der Waals surface area contributed by atoms with Crippen molar-refractivity contribution < 1.29 is 4.79 Å². The van der Waals surface area contributed by atoms with E-state index < -0.39 is 0 Å². The first-order valence-corrected chi connectivity index (χ1v) is 4.06. The van der Waals surface area contributed by atoms with Gasteiger partial charge in [-0.2, -0.15) is 0 Å². The summed E-state index contributed by atoms with van der Waals surface area (Å²) in [6, 6.07) is 0. The van der Waals surface area contributed by atoms with Gasteiger partial charge < -0.3 is 0 Å². The first kappa shape index (κ1) is 7.77. The van der Waals surface area contributed by atoms with Crippen LogP contribution in [0.5, 0.6) is 0 Å². The van der Waals surface area contributed by atoms with E-state index in [-0.39, 0.29) is 5.41 Å². The first-order chi connectivity index (χ1) is 4.55. The van der Waals surface area contributed by atoms with Gasteiger partial charge in [-0.15, -0.1) is 0 Å². The number of carbonyl (C=O) groups excluding carboxylic acids is 1. The Morgan fingerprint density at radius 1 is 1.40 bits per heavy atom. The second kappa shape index (κ2) is 2.37. The second-order valence-electron chi connectivity index (χ2n) is 3.91. The van der Waals surface area contributed by atoms with Crippen molar-refractivity contribution in [2.75, 3.05) is 0 Å². The fourth-order valence-corrected chi connectivity index (χ4v) is 1.42. The van der Waals surface area contributed by atoms with Crippen molar-refractivity contribution in [1.82, 2.24) is 0 Å². The van der Waals surface area contributed by atoms with E-state index in [2.05, 4.69) is 13.8 Å². The molecule has 1 aliphatic rings. The third kappa shape index (κ3) is 1.09. The Bertz CT molecular complexity index is 143. The first-order valence-electron chi connectivity index (χ1n) is 4.06. The Morgan fingerprint density at radius 3 is 2.00 bits per heavy atom. The van der Waals surface area contributed by atoms with Gasteiger partial charge in [-0.05, 0) is 25.7 Å². The summed E-state index contributed by atoms with van der Waals surface area (Å²) in [5, 5.41) is 0. The van der Waals surface area contributed by atoms with E-state index in [1.807, 2.05) is 0 Å². The fraction of sp³-hybridized carbons (Fsp3) is 0.889. The molecule has 10 heavy (non-hydrogen) atoms. The molecule has 0 amide bonds. The molecule has 1 fully saturated rings. The maximum absolute atomic E-state index is 11.1. The van der Waals surface area contributed by atoms with E-state index in [0.717, 1.165) is 0 Å². The lowest BCUT2D eigenvalue weighted by Crippen LogP contribution is -2.35. The smallest absolute Gasteiger partial charge is 0.135 e. The van der Waals surface area contributed by atoms with E-state index in [4.69, 9.17) is 0 Å². The maximum atomic E-state index is 11.1. The molecule has 1 saturated carbocycles. The predicted molar refractivity (Wildman–Crippen MR) is 41.8 cm³/mol. The Balaban J connectivity index is 2.57. The summed E-state index contributed by atoms with van der Waals surface area (Å²) in [6.07, 6.45) is 3.83. The zero-order valence-electron chi connectivity index (χ0n) is 7.11. The van der Waals surface area contributed by atoms with Crippen LogP contribution >= 0.6 is 0 Å². The van der Waals surface area contributed by atoms with Gasteiger partial charge in [-0.1, -0.05) is 20.3 Å². The van der Waals surface area contributed by atoms with Crippen LogP contribution in [0.15, 0.2) is 0 Å². The molecule has 1 heteroatoms. The van der Waals surface area contributed by atoms with Gasteiger partial charge in [0.25, 0.3) is 0 Å². The number of rotatable bonds is 2. The summed E-state index contributed by atoms with van der Waals surface area (Å²) in [5.74, 6) is 1.02. The van der Waals surface area contributed by atoms with Gasteiger partial charge in [0, 0.05) is 5.41 Å². The third-order valence-electron chi connectivity index (χ3n) is 3.03. The molecule has 0 aromatic carbocycles. The number of carbonyl (C=O) groups is 1. The van der Waals surface area contributed by atoms with Crippen LogP contribution < -0.4 is 0 Å². The Morgan fingerprint density at radius 2 is 1.90 bits per heavy atom. The minimum absolute atomic E-state index is 0.0434. The molecule has 0 bridgehead atoms. The molecule has 0 atom stereocenters. The average Bonchev–Trinajstić information content (AvgIpc) is 1.57. The molecule has 0 N–H and O–H groups in total. The highest BCUT2D eigenvalue weighted by molar-refractivity contribution is 5.81. The van der Waals surface area contributed by atoms with Crippen LogP contribution in [-0.4, -0.2) is 5.78 Å². The normalized spacial score (nSPS) is 20.3. The summed E-state index contributed by atoms with van der Waals surface area (Å²) in [7, 11) is 0. The Kier molecular flexibility index (Phi) is 1.84. The molecule has 0 heterocycles. The van der Waals surface area contributed by atoms with Crippen molar-refractivity contribution in [3.05, 3.63) is 0 Å². The zero-order chi connectivity index (χ0) is 7.78. The molecule has 0 aromatic rings. The summed E-state index contributed by atoms with van der Waals surface area (Å²) in [4.78, 5) is 11.1. The molecular weight excluding hydrogens is 124 g/mol. The van der Waals surface area contributed by atoms with E-state index in [1.165, 1.54) is 19.3 Å². The molecule has 0 saturated heterocycles. The van der Waals surface area contributed by atoms with Gasteiger partial charge in [-0.25, -0.2) is 0 Å². The number of hydrogen-bond donors (Lipinski definition) is 0. The quantitative estimate of drug-likeness (QED) is 0.575. The largest absolute Gasteiger partial charge is 0.299 e. The van der Waals surface area contributed by atoms with Crippen molar-refractivity contribution in [3.63, 3.8) is 0 Å². The van der Waals surface area contributed by atoms with Crippen LogP contribution in [0, 0.1) is 11.3 Å². The number of hydrogen-bond acceptors (Lipinski definition) is 1. The van der Waals surface area contributed by atoms with Gasteiger partial charge in [0.1, 0.15) is 5.78 Å². The second-order valence-corrected chi connectivity index (χ2v) is 3.91. The lowest BCUT2D eigenvalue weighted by molar-refractivity contribution is -0.129. The monoisotopic (exact) mass is 140 g/mol. The van der Waals surface area contributed by atoms with Crippen LogP contribution in [0.25, 0.3) is 0 Å². The van der Waals surface area contributed by atoms with Gasteiger partial charge in [0.15, 0.2) is 0 Å². The van der Waals surface area contributed by atoms with Crippen LogP contribution in [0.3, 0.4) is 0 Å². The predicted octanol–water partition coefficient (Wildman–Crippen LogP) is 2.40. The van der Waals surface area contributed by atoms with E-state index in [1.54, 1.807) is 6.92 Å². The molecule has 0 aromatic heterocycles. The minimum Gasteiger partial charge on any atom is -0.299 e. The SMILES string of the molecule is CC(=O)C(C)(C)C1CCC1. The molecule has 58 valence electrons. The minimum atomic E-state index is -0.0434. The topological polar surface area (TPSA) is 17.1 Å². The van der Waals surface area contributed by atoms with Crippen LogP contribution in [0.2, 0.25) is 0 Å². The molecule has 1 rings (SSSR count). The summed E-state index contributed by atoms with van der Waals surface area (Å²) in [6.45, 7) is 5.84. The van der Waals surface area contributed by atoms with Gasteiger partial charge >= 0.3 is 0 Å². The van der Waals surface area contributed by atoms with Crippen molar-refractivity contribution in [1.29, 1.82) is 0 Å². The number of Topliss-reactive ketones (excluding diaryl/α,β-unsaturated/α-hetero) is 1. The van der Waals surface area contributed by atoms with Crippen molar-refractivity contribution >= 4 is 5.78 Å². The van der Waals surface area contributed by atoms with E-state index in [9.17, 15) is 4.79 Å². The third-order valence-corrected chi connectivity index (χ3v) is 3.03. The summed E-state index contributed by atoms with van der Waals surface area (Å²) < 4.78 is 0. The molecule has 0 radical (unpaired) electrons. The maximum Gasteiger partial charge on any atom is 0.135 e. The Labute approximate surface area is 62.8 Å². The van der Waals surface area contributed by atoms with E-state index in [0.29, 0.717) is 11.7 Å². The summed E-state index contributed by atoms with van der Waals surface area (Å²) >= 11 is 0. The van der Waals surface area contributed by atoms with E-state index >= 15 is 0 Å². The highest BCUT2D eigenvalue weighted by Crippen LogP contribution is 2.41. The zero-order valence-corrected chi connectivity index (χ0v) is 7.11. The van der Waals surface area contributed by atoms with Crippen molar-refractivity contribution in [2.45, 2.75) is 40.0 Å². The number of ketones is 1. The Hall–Kier alpha value is -0.330. The van der Waals surface area contributed by atoms with Gasteiger partial charge in [0.05, 0.1) is 0 Å². The summed E-state index contributed by atoms with van der Waals surface area (Å²) in [5.41, 5.74) is -0.0434. The average molecular weight is 140 g/mol. The fourth-order valence-electron chi connectivity index (χ4n) is 1.42. The molecule has 1 aliphatic carbocycles. The standard InChI is InChI=1S/C9H16O/c1-7(10)9(2,3)8-5-4-6-8/h8H,4-6H2,1-3H3. The van der Waals surface area contributed by atoms with Gasteiger partial charge in [-0.3, -0.25) is 4.79 Å². The van der Waals surface area contributed by atoms with Crippen LogP contribution in [0.1, 0.15) is 40.0 Å². The van der Waals surface area contributed by atoms with Crippen LogP contribution in [0.4, 0.5) is 0 Å². The molecular formula is C9H16O. The molecule has 1 nitrogen and oxygen atoms in total. The highest BCUT2D eigenvalue weighted by atomic mass is 16.1. The van der Waals surface area contributed by atoms with Crippen LogP contribution in [-0.2, 0) is 4.79 Å². The molecule has 0 aliphatic heterocycles. The molecule has 0 spiro atoms.